The van der Waals surface area contributed by atoms with Gasteiger partial charge in [-0.15, -0.1) is 0 Å². The van der Waals surface area contributed by atoms with E-state index in [1.807, 2.05) is 30.3 Å². The zero-order chi connectivity index (χ0) is 17.3. The van der Waals surface area contributed by atoms with Gasteiger partial charge in [-0.3, -0.25) is 0 Å². The van der Waals surface area contributed by atoms with Crippen molar-refractivity contribution in [3.05, 3.63) is 65.7 Å². The van der Waals surface area contributed by atoms with Crippen LogP contribution < -0.4 is 4.72 Å². The highest BCUT2D eigenvalue weighted by Gasteiger charge is 2.12. The summed E-state index contributed by atoms with van der Waals surface area (Å²) in [6, 6.07) is 17.4. The van der Waals surface area contributed by atoms with E-state index in [9.17, 15) is 8.42 Å². The van der Waals surface area contributed by atoms with Crippen LogP contribution in [0.15, 0.2) is 59.5 Å². The summed E-state index contributed by atoms with van der Waals surface area (Å²) in [5.74, 6) is 0. The Morgan fingerprint density at radius 1 is 0.792 bits per heavy atom. The predicted octanol–water partition coefficient (Wildman–Crippen LogP) is 4.33. The topological polar surface area (TPSA) is 46.2 Å². The normalized spacial score (nSPS) is 11.5. The molecule has 0 heterocycles. The van der Waals surface area contributed by atoms with Crippen LogP contribution in [-0.4, -0.2) is 15.0 Å². The van der Waals surface area contributed by atoms with Crippen LogP contribution in [-0.2, 0) is 22.9 Å². The summed E-state index contributed by atoms with van der Waals surface area (Å²) in [4.78, 5) is 0.349. The smallest absolute Gasteiger partial charge is 0.211 e. The largest absolute Gasteiger partial charge is 0.240 e. The van der Waals surface area contributed by atoms with E-state index < -0.39 is 10.0 Å². The van der Waals surface area contributed by atoms with E-state index in [0.29, 0.717) is 11.4 Å². The first-order chi connectivity index (χ1) is 11.6. The van der Waals surface area contributed by atoms with Gasteiger partial charge in [0.15, 0.2) is 0 Å². The molecule has 4 heteroatoms. The minimum Gasteiger partial charge on any atom is -0.211 e. The second kappa shape index (κ2) is 9.60. The fraction of sp³-hybridized carbons (Fsp3) is 0.400. The molecule has 0 aliphatic carbocycles. The molecule has 0 aliphatic heterocycles. The van der Waals surface area contributed by atoms with Gasteiger partial charge in [0.2, 0.25) is 10.0 Å². The van der Waals surface area contributed by atoms with Crippen molar-refractivity contribution in [3.8, 4) is 0 Å². The molecule has 0 aliphatic rings. The van der Waals surface area contributed by atoms with E-state index in [4.69, 9.17) is 0 Å². The Hall–Kier alpha value is -1.65. The molecule has 0 radical (unpaired) electrons. The number of hydrogen-bond acceptors (Lipinski definition) is 2. The van der Waals surface area contributed by atoms with E-state index in [0.717, 1.165) is 25.7 Å². The minimum absolute atomic E-state index is 0.349. The summed E-state index contributed by atoms with van der Waals surface area (Å²) in [6.45, 7) is 2.63. The fourth-order valence-corrected chi connectivity index (χ4v) is 3.72. The lowest BCUT2D eigenvalue weighted by Gasteiger charge is -2.08. The third kappa shape index (κ3) is 6.10. The van der Waals surface area contributed by atoms with Crippen LogP contribution in [0, 0.1) is 0 Å². The molecule has 130 valence electrons. The van der Waals surface area contributed by atoms with Crippen LogP contribution in [0.1, 0.15) is 43.7 Å². The Morgan fingerprint density at radius 3 is 2.08 bits per heavy atom. The summed E-state index contributed by atoms with van der Waals surface area (Å²) < 4.78 is 27.3. The summed E-state index contributed by atoms with van der Waals surface area (Å²) in [6.07, 6.45) is 6.24. The Labute approximate surface area is 146 Å². The van der Waals surface area contributed by atoms with Crippen LogP contribution in [0.25, 0.3) is 0 Å². The van der Waals surface area contributed by atoms with E-state index in [-0.39, 0.29) is 0 Å². The number of rotatable bonds is 10. The number of hydrogen-bond donors (Lipinski definition) is 1. The Balaban J connectivity index is 1.81. The van der Waals surface area contributed by atoms with Crippen molar-refractivity contribution in [2.75, 3.05) is 6.54 Å². The van der Waals surface area contributed by atoms with Gasteiger partial charge in [-0.2, -0.15) is 0 Å². The predicted molar refractivity (Wildman–Crippen MR) is 99.6 cm³/mol. The number of aryl methyl sites for hydroxylation is 2. The van der Waals surface area contributed by atoms with E-state index in [1.54, 1.807) is 12.1 Å². The first-order valence-electron chi connectivity index (χ1n) is 8.74. The van der Waals surface area contributed by atoms with Crippen molar-refractivity contribution in [3.63, 3.8) is 0 Å². The molecule has 0 saturated carbocycles. The van der Waals surface area contributed by atoms with Crippen molar-refractivity contribution >= 4 is 10.0 Å². The van der Waals surface area contributed by atoms with Gasteiger partial charge in [-0.25, -0.2) is 13.1 Å². The maximum Gasteiger partial charge on any atom is 0.240 e. The zero-order valence-corrected chi connectivity index (χ0v) is 15.2. The standard InChI is InChI=1S/C20H27NO2S/c1-2-3-5-9-19-13-15-20(16-14-19)24(22,23)21-17-8-12-18-10-6-4-7-11-18/h4,6-7,10-11,13-16,21H,2-3,5,8-9,12,17H2,1H3. The molecule has 0 atom stereocenters. The Kier molecular flexibility index (Phi) is 7.47. The highest BCUT2D eigenvalue weighted by Crippen LogP contribution is 2.13. The van der Waals surface area contributed by atoms with Gasteiger partial charge in [-0.1, -0.05) is 62.2 Å². The summed E-state index contributed by atoms with van der Waals surface area (Å²) in [7, 11) is -3.41. The molecule has 0 saturated heterocycles. The van der Waals surface area contributed by atoms with Gasteiger partial charge in [0.05, 0.1) is 4.90 Å². The summed E-state index contributed by atoms with van der Waals surface area (Å²) >= 11 is 0. The second-order valence-electron chi connectivity index (χ2n) is 6.09. The molecular weight excluding hydrogens is 318 g/mol. The maximum absolute atomic E-state index is 12.3. The summed E-state index contributed by atoms with van der Waals surface area (Å²) in [5, 5.41) is 0. The molecule has 24 heavy (non-hydrogen) atoms. The first kappa shape index (κ1) is 18.7. The molecule has 0 aromatic heterocycles. The van der Waals surface area contributed by atoms with Gasteiger partial charge in [0.1, 0.15) is 0 Å². The lowest BCUT2D eigenvalue weighted by atomic mass is 10.1. The number of sulfonamides is 1. The first-order valence-corrected chi connectivity index (χ1v) is 10.2. The molecule has 1 N–H and O–H groups in total. The van der Waals surface area contributed by atoms with Crippen molar-refractivity contribution in [1.29, 1.82) is 0 Å². The molecule has 2 aromatic rings. The molecule has 0 bridgehead atoms. The van der Waals surface area contributed by atoms with Gasteiger partial charge in [0, 0.05) is 6.54 Å². The van der Waals surface area contributed by atoms with Crippen LogP contribution in [0.3, 0.4) is 0 Å². The van der Waals surface area contributed by atoms with Crippen LogP contribution in [0.5, 0.6) is 0 Å². The molecule has 3 nitrogen and oxygen atoms in total. The number of unbranched alkanes of at least 4 members (excludes halogenated alkanes) is 2. The third-order valence-electron chi connectivity index (χ3n) is 4.08. The Morgan fingerprint density at radius 2 is 1.42 bits per heavy atom. The fourth-order valence-electron chi connectivity index (χ4n) is 2.64. The highest BCUT2D eigenvalue weighted by atomic mass is 32.2. The van der Waals surface area contributed by atoms with Crippen molar-refractivity contribution in [2.24, 2.45) is 0 Å². The van der Waals surface area contributed by atoms with E-state index >= 15 is 0 Å². The highest BCUT2D eigenvalue weighted by molar-refractivity contribution is 7.89. The van der Waals surface area contributed by atoms with E-state index in [2.05, 4.69) is 23.8 Å². The number of benzene rings is 2. The quantitative estimate of drug-likeness (QED) is 0.652. The number of nitrogens with one attached hydrogen (secondary N) is 1. The van der Waals surface area contributed by atoms with Crippen LogP contribution >= 0.6 is 0 Å². The molecule has 0 amide bonds. The van der Waals surface area contributed by atoms with Gasteiger partial charge >= 0.3 is 0 Å². The van der Waals surface area contributed by atoms with Crippen LogP contribution in [0.4, 0.5) is 0 Å². The Bertz CT molecular complexity index is 694. The van der Waals surface area contributed by atoms with Crippen molar-refractivity contribution in [2.45, 2.75) is 50.3 Å². The molecule has 2 aromatic carbocycles. The average molecular weight is 346 g/mol. The third-order valence-corrected chi connectivity index (χ3v) is 5.56. The van der Waals surface area contributed by atoms with Crippen molar-refractivity contribution < 1.29 is 8.42 Å². The molecule has 0 spiro atoms. The zero-order valence-electron chi connectivity index (χ0n) is 14.4. The molecule has 0 fully saturated rings. The van der Waals surface area contributed by atoms with Gasteiger partial charge < -0.3 is 0 Å². The minimum atomic E-state index is -3.41. The lowest BCUT2D eigenvalue weighted by molar-refractivity contribution is 0.579. The maximum atomic E-state index is 12.3. The molecular formula is C20H27NO2S. The van der Waals surface area contributed by atoms with Crippen LogP contribution in [0.2, 0.25) is 0 Å². The lowest BCUT2D eigenvalue weighted by Crippen LogP contribution is -2.25. The van der Waals surface area contributed by atoms with Crippen molar-refractivity contribution in [1.82, 2.24) is 4.72 Å². The summed E-state index contributed by atoms with van der Waals surface area (Å²) in [5.41, 5.74) is 2.43. The monoisotopic (exact) mass is 345 g/mol. The second-order valence-corrected chi connectivity index (χ2v) is 7.85. The van der Waals surface area contributed by atoms with Gasteiger partial charge in [-0.05, 0) is 48.9 Å². The molecule has 2 rings (SSSR count). The van der Waals surface area contributed by atoms with Gasteiger partial charge in [0.25, 0.3) is 0 Å². The molecule has 0 unspecified atom stereocenters. The average Bonchev–Trinajstić information content (AvgIpc) is 2.60. The SMILES string of the molecule is CCCCCc1ccc(S(=O)(=O)NCCCc2ccccc2)cc1. The van der Waals surface area contributed by atoms with E-state index in [1.165, 1.54) is 24.0 Å².